The lowest BCUT2D eigenvalue weighted by atomic mass is 10.0. The zero-order valence-corrected chi connectivity index (χ0v) is 13.6. The summed E-state index contributed by atoms with van der Waals surface area (Å²) in [6.45, 7) is 0.769. The Labute approximate surface area is 145 Å². The summed E-state index contributed by atoms with van der Waals surface area (Å²) in [6, 6.07) is 15.2. The number of hydrogen-bond acceptors (Lipinski definition) is 4. The second kappa shape index (κ2) is 7.70. The Morgan fingerprint density at radius 2 is 1.96 bits per heavy atom. The molecule has 1 amide bonds. The van der Waals surface area contributed by atoms with Crippen LogP contribution in [0.5, 0.6) is 5.75 Å². The van der Waals surface area contributed by atoms with Crippen molar-refractivity contribution in [3.05, 3.63) is 65.2 Å². The summed E-state index contributed by atoms with van der Waals surface area (Å²) in [7, 11) is 0. The molecular weight excluding hydrogens is 322 g/mol. The second-order valence-corrected chi connectivity index (χ2v) is 5.80. The minimum atomic E-state index is -0.790. The first-order valence-corrected chi connectivity index (χ1v) is 8.10. The Hall–Kier alpha value is -3.02. The van der Waals surface area contributed by atoms with Gasteiger partial charge in [-0.15, -0.1) is 0 Å². The van der Waals surface area contributed by atoms with Gasteiger partial charge in [0.25, 0.3) is 0 Å². The molecule has 6 heteroatoms. The summed E-state index contributed by atoms with van der Waals surface area (Å²) in [5, 5.41) is 11.2. The highest BCUT2D eigenvalue weighted by molar-refractivity contribution is 5.72. The summed E-state index contributed by atoms with van der Waals surface area (Å²) in [6.07, 6.45) is 1.52. The number of fused-ring (bicyclic) bond motifs is 1. The van der Waals surface area contributed by atoms with Crippen molar-refractivity contribution in [2.75, 3.05) is 6.61 Å². The number of rotatable bonds is 3. The molecule has 0 radical (unpaired) electrons. The van der Waals surface area contributed by atoms with E-state index in [-0.39, 0.29) is 18.7 Å². The average molecular weight is 341 g/mol. The molecule has 0 aliphatic carbocycles. The quantitative estimate of drug-likeness (QED) is 0.896. The molecule has 1 unspecified atom stereocenters. The molecule has 130 valence electrons. The van der Waals surface area contributed by atoms with Crippen LogP contribution in [0, 0.1) is 0 Å². The van der Waals surface area contributed by atoms with Gasteiger partial charge in [-0.2, -0.15) is 0 Å². The Kier molecular flexibility index (Phi) is 5.18. The van der Waals surface area contributed by atoms with Gasteiger partial charge >= 0.3 is 12.1 Å². The number of aliphatic carboxylic acids is 1. The number of ether oxygens (including phenoxy) is 2. The van der Waals surface area contributed by atoms with E-state index in [0.29, 0.717) is 0 Å². The molecule has 6 nitrogen and oxygen atoms in total. The summed E-state index contributed by atoms with van der Waals surface area (Å²) in [4.78, 5) is 20.9. The Bertz CT molecular complexity index is 752. The SMILES string of the molecule is O=C(O)Cc1ccc2c(c1)CCCO2.O=C1NC(c2ccccc2)O1. The van der Waals surface area contributed by atoms with E-state index in [0.717, 1.165) is 41.9 Å². The maximum Gasteiger partial charge on any atom is 0.412 e. The van der Waals surface area contributed by atoms with Crippen molar-refractivity contribution in [3.63, 3.8) is 0 Å². The molecule has 0 bridgehead atoms. The van der Waals surface area contributed by atoms with Gasteiger partial charge in [0.2, 0.25) is 6.23 Å². The first-order chi connectivity index (χ1) is 12.1. The van der Waals surface area contributed by atoms with Crippen LogP contribution in [0.1, 0.15) is 29.3 Å². The number of nitrogens with one attached hydrogen (secondary N) is 1. The van der Waals surface area contributed by atoms with Gasteiger partial charge in [0, 0.05) is 5.56 Å². The van der Waals surface area contributed by atoms with E-state index in [1.807, 2.05) is 48.5 Å². The zero-order chi connectivity index (χ0) is 17.6. The molecule has 2 aromatic carbocycles. The third-order valence-corrected chi connectivity index (χ3v) is 3.90. The van der Waals surface area contributed by atoms with E-state index in [4.69, 9.17) is 14.6 Å². The van der Waals surface area contributed by atoms with Gasteiger partial charge in [-0.3, -0.25) is 10.1 Å². The number of aryl methyl sites for hydroxylation is 1. The van der Waals surface area contributed by atoms with Crippen LogP contribution in [0.25, 0.3) is 0 Å². The fourth-order valence-electron chi connectivity index (χ4n) is 2.70. The van der Waals surface area contributed by atoms with E-state index in [9.17, 15) is 9.59 Å². The van der Waals surface area contributed by atoms with Crippen LogP contribution in [0.15, 0.2) is 48.5 Å². The molecule has 2 heterocycles. The van der Waals surface area contributed by atoms with Gasteiger partial charge in [-0.1, -0.05) is 42.5 Å². The normalized spacial score (nSPS) is 17.4. The summed E-state index contributed by atoms with van der Waals surface area (Å²) in [5.41, 5.74) is 2.96. The predicted molar refractivity (Wildman–Crippen MR) is 90.4 cm³/mol. The standard InChI is InChI=1S/C11H12O3.C8H7NO2/c12-11(13)7-8-3-4-10-9(6-8)2-1-5-14-10;10-8-9-7(11-8)6-4-2-1-3-5-6/h3-4,6H,1-2,5,7H2,(H,12,13);1-5,7H,(H,9,10). The molecule has 2 aliphatic heterocycles. The number of benzene rings is 2. The Morgan fingerprint density at radius 1 is 1.20 bits per heavy atom. The van der Waals surface area contributed by atoms with Gasteiger partial charge in [0.15, 0.2) is 0 Å². The lowest BCUT2D eigenvalue weighted by Gasteiger charge is -2.27. The minimum Gasteiger partial charge on any atom is -0.493 e. The number of carboxylic acid groups (broad SMARTS) is 1. The monoisotopic (exact) mass is 341 g/mol. The van der Waals surface area contributed by atoms with Crippen molar-refractivity contribution >= 4 is 12.1 Å². The van der Waals surface area contributed by atoms with Gasteiger partial charge < -0.3 is 14.6 Å². The molecule has 2 aromatic rings. The number of carboxylic acids is 1. The maximum atomic E-state index is 10.5. The van der Waals surface area contributed by atoms with Crippen LogP contribution < -0.4 is 10.1 Å². The molecule has 0 saturated carbocycles. The van der Waals surface area contributed by atoms with Crippen molar-refractivity contribution < 1.29 is 24.2 Å². The number of carbonyl (C=O) groups excluding carboxylic acids is 1. The number of carbonyl (C=O) groups is 2. The van der Waals surface area contributed by atoms with E-state index in [1.54, 1.807) is 0 Å². The van der Waals surface area contributed by atoms with Crippen LogP contribution in [-0.2, 0) is 22.4 Å². The van der Waals surface area contributed by atoms with Crippen LogP contribution in [0.3, 0.4) is 0 Å². The highest BCUT2D eigenvalue weighted by atomic mass is 16.6. The second-order valence-electron chi connectivity index (χ2n) is 5.80. The fourth-order valence-corrected chi connectivity index (χ4v) is 2.70. The highest BCUT2D eigenvalue weighted by Crippen LogP contribution is 2.25. The van der Waals surface area contributed by atoms with E-state index in [1.165, 1.54) is 0 Å². The number of cyclic esters (lactones) is 1. The van der Waals surface area contributed by atoms with Crippen LogP contribution in [-0.4, -0.2) is 23.8 Å². The number of amides is 1. The van der Waals surface area contributed by atoms with E-state index in [2.05, 4.69) is 5.32 Å². The van der Waals surface area contributed by atoms with Crippen molar-refractivity contribution in [1.29, 1.82) is 0 Å². The average Bonchev–Trinajstić information content (AvgIpc) is 2.60. The van der Waals surface area contributed by atoms with Crippen LogP contribution in [0.4, 0.5) is 4.79 Å². The molecule has 2 aliphatic rings. The van der Waals surface area contributed by atoms with E-state index < -0.39 is 5.97 Å². The fraction of sp³-hybridized carbons (Fsp3) is 0.263. The Balaban J connectivity index is 0.000000150. The molecule has 0 aromatic heterocycles. The molecule has 0 spiro atoms. The number of hydrogen-bond donors (Lipinski definition) is 2. The Morgan fingerprint density at radius 3 is 2.64 bits per heavy atom. The van der Waals surface area contributed by atoms with Gasteiger partial charge in [0.05, 0.1) is 13.0 Å². The highest BCUT2D eigenvalue weighted by Gasteiger charge is 2.27. The molecule has 1 atom stereocenters. The smallest absolute Gasteiger partial charge is 0.412 e. The van der Waals surface area contributed by atoms with Crippen LogP contribution >= 0.6 is 0 Å². The van der Waals surface area contributed by atoms with Gasteiger partial charge in [0.1, 0.15) is 5.75 Å². The van der Waals surface area contributed by atoms with Crippen molar-refractivity contribution in [2.24, 2.45) is 0 Å². The maximum absolute atomic E-state index is 10.5. The van der Waals surface area contributed by atoms with Crippen molar-refractivity contribution in [2.45, 2.75) is 25.5 Å². The molecule has 4 rings (SSSR count). The summed E-state index contributed by atoms with van der Waals surface area (Å²) < 4.78 is 10.2. The van der Waals surface area contributed by atoms with Crippen molar-refractivity contribution in [3.8, 4) is 5.75 Å². The first-order valence-electron chi connectivity index (χ1n) is 8.10. The van der Waals surface area contributed by atoms with Crippen LogP contribution in [0.2, 0.25) is 0 Å². The molecule has 25 heavy (non-hydrogen) atoms. The lowest BCUT2D eigenvalue weighted by molar-refractivity contribution is -0.136. The van der Waals surface area contributed by atoms with Gasteiger partial charge in [-0.05, 0) is 30.0 Å². The predicted octanol–water partition coefficient (Wildman–Crippen LogP) is 3.06. The third kappa shape index (κ3) is 4.50. The summed E-state index contributed by atoms with van der Waals surface area (Å²) >= 11 is 0. The summed E-state index contributed by atoms with van der Waals surface area (Å²) in [5.74, 6) is 0.118. The molecular formula is C19H19NO5. The van der Waals surface area contributed by atoms with Gasteiger partial charge in [-0.25, -0.2) is 4.79 Å². The molecule has 1 saturated heterocycles. The molecule has 2 N–H and O–H groups in total. The largest absolute Gasteiger partial charge is 0.493 e. The lowest BCUT2D eigenvalue weighted by Crippen LogP contribution is -2.43. The zero-order valence-electron chi connectivity index (χ0n) is 13.6. The minimum absolute atomic E-state index is 0.0906. The third-order valence-electron chi connectivity index (χ3n) is 3.90. The van der Waals surface area contributed by atoms with E-state index >= 15 is 0 Å². The molecule has 1 fully saturated rings. The first kappa shape index (κ1) is 16.8. The van der Waals surface area contributed by atoms with Crippen molar-refractivity contribution in [1.82, 2.24) is 5.32 Å². The topological polar surface area (TPSA) is 84.9 Å².